The minimum Gasteiger partial charge on any atom is -0.369 e. The van der Waals surface area contributed by atoms with Crippen LogP contribution in [0.1, 0.15) is 35.4 Å². The molecule has 3 rings (SSSR count). The highest BCUT2D eigenvalue weighted by molar-refractivity contribution is 5.48. The zero-order valence-corrected chi connectivity index (χ0v) is 11.6. The molecule has 3 heteroatoms. The summed E-state index contributed by atoms with van der Waals surface area (Å²) in [5, 5.41) is 4.27. The second-order valence-corrected chi connectivity index (χ2v) is 5.43. The van der Waals surface area contributed by atoms with Gasteiger partial charge in [0.2, 0.25) is 0 Å². The van der Waals surface area contributed by atoms with Crippen LogP contribution in [0.3, 0.4) is 0 Å². The smallest absolute Gasteiger partial charge is 0.140 e. The monoisotopic (exact) mass is 256 g/mol. The van der Waals surface area contributed by atoms with Crippen molar-refractivity contribution in [2.75, 3.05) is 11.9 Å². The van der Waals surface area contributed by atoms with E-state index in [1.54, 1.807) is 0 Å². The van der Waals surface area contributed by atoms with Crippen LogP contribution in [0.25, 0.3) is 0 Å². The molecule has 100 valence electrons. The fourth-order valence-corrected chi connectivity index (χ4v) is 2.75. The SMILES string of the molecule is Cc1cccc(N(C)Cc2noc3c2CCCC3)c1. The van der Waals surface area contributed by atoms with Crippen molar-refractivity contribution in [3.05, 3.63) is 46.8 Å². The maximum Gasteiger partial charge on any atom is 0.140 e. The fraction of sp³-hybridized carbons (Fsp3) is 0.438. The lowest BCUT2D eigenvalue weighted by Crippen LogP contribution is -2.18. The van der Waals surface area contributed by atoms with Crippen molar-refractivity contribution >= 4 is 5.69 Å². The second-order valence-electron chi connectivity index (χ2n) is 5.43. The zero-order chi connectivity index (χ0) is 13.2. The van der Waals surface area contributed by atoms with Gasteiger partial charge in [0, 0.05) is 24.7 Å². The minimum atomic E-state index is 0.822. The molecule has 0 radical (unpaired) electrons. The fourth-order valence-electron chi connectivity index (χ4n) is 2.75. The lowest BCUT2D eigenvalue weighted by molar-refractivity contribution is 0.368. The standard InChI is InChI=1S/C16H20N2O/c1-12-6-5-7-13(10-12)18(2)11-15-14-8-3-4-9-16(14)19-17-15/h5-7,10H,3-4,8-9,11H2,1-2H3. The van der Waals surface area contributed by atoms with Gasteiger partial charge >= 0.3 is 0 Å². The van der Waals surface area contributed by atoms with Gasteiger partial charge in [-0.15, -0.1) is 0 Å². The molecule has 1 aromatic heterocycles. The van der Waals surface area contributed by atoms with E-state index in [1.165, 1.54) is 29.7 Å². The molecule has 1 aliphatic rings. The van der Waals surface area contributed by atoms with Gasteiger partial charge in [-0.1, -0.05) is 17.3 Å². The summed E-state index contributed by atoms with van der Waals surface area (Å²) in [5.41, 5.74) is 4.98. The third kappa shape index (κ3) is 2.50. The lowest BCUT2D eigenvalue weighted by atomic mass is 9.96. The minimum absolute atomic E-state index is 0.822. The van der Waals surface area contributed by atoms with Crippen molar-refractivity contribution in [2.24, 2.45) is 0 Å². The third-order valence-electron chi connectivity index (χ3n) is 3.86. The third-order valence-corrected chi connectivity index (χ3v) is 3.86. The Morgan fingerprint density at radius 2 is 2.11 bits per heavy atom. The van der Waals surface area contributed by atoms with E-state index in [-0.39, 0.29) is 0 Å². The van der Waals surface area contributed by atoms with Crippen molar-refractivity contribution < 1.29 is 4.52 Å². The lowest BCUT2D eigenvalue weighted by Gasteiger charge is -2.19. The first-order valence-electron chi connectivity index (χ1n) is 6.98. The van der Waals surface area contributed by atoms with E-state index in [0.717, 1.165) is 30.8 Å². The number of hydrogen-bond donors (Lipinski definition) is 0. The molecule has 0 atom stereocenters. The summed E-state index contributed by atoms with van der Waals surface area (Å²) in [6, 6.07) is 8.56. The van der Waals surface area contributed by atoms with Gasteiger partial charge in [0.05, 0.1) is 6.54 Å². The first kappa shape index (κ1) is 12.3. The number of aryl methyl sites for hydroxylation is 2. The predicted molar refractivity (Wildman–Crippen MR) is 76.4 cm³/mol. The van der Waals surface area contributed by atoms with Crippen molar-refractivity contribution in [1.29, 1.82) is 0 Å². The number of hydrogen-bond acceptors (Lipinski definition) is 3. The topological polar surface area (TPSA) is 29.3 Å². The van der Waals surface area contributed by atoms with Gasteiger partial charge in [0.1, 0.15) is 11.5 Å². The molecule has 0 unspecified atom stereocenters. The summed E-state index contributed by atoms with van der Waals surface area (Å²) in [6.07, 6.45) is 4.66. The highest BCUT2D eigenvalue weighted by atomic mass is 16.5. The van der Waals surface area contributed by atoms with Crippen LogP contribution in [0.5, 0.6) is 0 Å². The first-order chi connectivity index (χ1) is 9.24. The average molecular weight is 256 g/mol. The maximum absolute atomic E-state index is 5.47. The van der Waals surface area contributed by atoms with E-state index >= 15 is 0 Å². The Kier molecular flexibility index (Phi) is 3.28. The largest absolute Gasteiger partial charge is 0.369 e. The van der Waals surface area contributed by atoms with Crippen LogP contribution in [-0.4, -0.2) is 12.2 Å². The maximum atomic E-state index is 5.47. The second kappa shape index (κ2) is 5.08. The number of benzene rings is 1. The van der Waals surface area contributed by atoms with E-state index in [9.17, 15) is 0 Å². The molecule has 0 aliphatic heterocycles. The highest BCUT2D eigenvalue weighted by Gasteiger charge is 2.20. The van der Waals surface area contributed by atoms with Crippen LogP contribution >= 0.6 is 0 Å². The Balaban J connectivity index is 1.79. The molecular formula is C16H20N2O. The number of aromatic nitrogens is 1. The number of nitrogens with zero attached hydrogens (tertiary/aromatic N) is 2. The molecule has 0 bridgehead atoms. The average Bonchev–Trinajstić information content (AvgIpc) is 2.82. The molecule has 0 fully saturated rings. The molecule has 19 heavy (non-hydrogen) atoms. The molecule has 0 amide bonds. The normalized spacial score (nSPS) is 14.2. The first-order valence-corrected chi connectivity index (χ1v) is 6.98. The van der Waals surface area contributed by atoms with Crippen LogP contribution in [0.2, 0.25) is 0 Å². The van der Waals surface area contributed by atoms with E-state index in [0.29, 0.717) is 0 Å². The summed E-state index contributed by atoms with van der Waals surface area (Å²) in [5.74, 6) is 1.11. The van der Waals surface area contributed by atoms with Crippen molar-refractivity contribution in [3.63, 3.8) is 0 Å². The zero-order valence-electron chi connectivity index (χ0n) is 11.6. The summed E-state index contributed by atoms with van der Waals surface area (Å²) in [7, 11) is 2.11. The van der Waals surface area contributed by atoms with Gasteiger partial charge in [-0.25, -0.2) is 0 Å². The molecule has 3 nitrogen and oxygen atoms in total. The van der Waals surface area contributed by atoms with E-state index in [1.807, 2.05) is 0 Å². The molecule has 1 aliphatic carbocycles. The summed E-state index contributed by atoms with van der Waals surface area (Å²) in [6.45, 7) is 2.94. The summed E-state index contributed by atoms with van der Waals surface area (Å²) in [4.78, 5) is 2.24. The van der Waals surface area contributed by atoms with E-state index in [2.05, 4.69) is 48.3 Å². The highest BCUT2D eigenvalue weighted by Crippen LogP contribution is 2.26. The Labute approximate surface area is 114 Å². The van der Waals surface area contributed by atoms with Crippen LogP contribution in [0, 0.1) is 6.92 Å². The van der Waals surface area contributed by atoms with Crippen molar-refractivity contribution in [3.8, 4) is 0 Å². The number of fused-ring (bicyclic) bond motifs is 1. The van der Waals surface area contributed by atoms with Gasteiger partial charge < -0.3 is 9.42 Å². The molecule has 1 aromatic carbocycles. The number of anilines is 1. The molecule has 0 saturated carbocycles. The van der Waals surface area contributed by atoms with Crippen LogP contribution < -0.4 is 4.90 Å². The van der Waals surface area contributed by atoms with Crippen LogP contribution in [0.15, 0.2) is 28.8 Å². The molecule has 0 N–H and O–H groups in total. The Hall–Kier alpha value is -1.77. The molecule has 0 saturated heterocycles. The van der Waals surface area contributed by atoms with Crippen molar-refractivity contribution in [1.82, 2.24) is 5.16 Å². The van der Waals surface area contributed by atoms with Crippen LogP contribution in [-0.2, 0) is 19.4 Å². The van der Waals surface area contributed by atoms with E-state index < -0.39 is 0 Å². The van der Waals surface area contributed by atoms with Gasteiger partial charge in [0.25, 0.3) is 0 Å². The molecule has 1 heterocycles. The molecule has 2 aromatic rings. The Morgan fingerprint density at radius 3 is 2.95 bits per heavy atom. The van der Waals surface area contributed by atoms with Gasteiger partial charge in [-0.3, -0.25) is 0 Å². The summed E-state index contributed by atoms with van der Waals surface area (Å²) < 4.78 is 5.47. The van der Waals surface area contributed by atoms with Gasteiger partial charge in [-0.05, 0) is 43.9 Å². The quantitative estimate of drug-likeness (QED) is 0.841. The van der Waals surface area contributed by atoms with Gasteiger partial charge in [-0.2, -0.15) is 0 Å². The molecular weight excluding hydrogens is 236 g/mol. The number of rotatable bonds is 3. The van der Waals surface area contributed by atoms with Crippen molar-refractivity contribution in [2.45, 2.75) is 39.2 Å². The Morgan fingerprint density at radius 1 is 1.26 bits per heavy atom. The summed E-state index contributed by atoms with van der Waals surface area (Å²) >= 11 is 0. The predicted octanol–water partition coefficient (Wildman–Crippen LogP) is 3.50. The van der Waals surface area contributed by atoms with Gasteiger partial charge in [0.15, 0.2) is 0 Å². The molecule has 0 spiro atoms. The van der Waals surface area contributed by atoms with Crippen LogP contribution in [0.4, 0.5) is 5.69 Å². The Bertz CT molecular complexity index is 574. The van der Waals surface area contributed by atoms with E-state index in [4.69, 9.17) is 4.52 Å².